The van der Waals surface area contributed by atoms with Gasteiger partial charge in [-0.1, -0.05) is 44.9 Å². The highest BCUT2D eigenvalue weighted by Gasteiger charge is 2.33. The molecule has 1 unspecified atom stereocenters. The molecule has 1 aliphatic heterocycles. The fourth-order valence-corrected chi connectivity index (χ4v) is 5.98. The SMILES string of the molecule is CCCCCCSc1nnc2n(C)c(=O)c3c4c(sc3n12)COC(C)(CC)C4. The second-order valence-electron chi connectivity index (χ2n) is 7.84. The molecule has 0 amide bonds. The first-order valence-electron chi connectivity index (χ1n) is 10.1. The second-order valence-corrected chi connectivity index (χ2v) is 9.99. The lowest BCUT2D eigenvalue weighted by Gasteiger charge is -2.32. The number of hydrogen-bond acceptors (Lipinski definition) is 6. The van der Waals surface area contributed by atoms with Gasteiger partial charge in [-0.3, -0.25) is 9.36 Å². The number of aryl methyl sites for hydroxylation is 1. The molecule has 0 saturated carbocycles. The quantitative estimate of drug-likeness (QED) is 0.414. The van der Waals surface area contributed by atoms with Crippen LogP contribution in [0.25, 0.3) is 16.0 Å². The predicted molar refractivity (Wildman–Crippen MR) is 116 cm³/mol. The summed E-state index contributed by atoms with van der Waals surface area (Å²) >= 11 is 3.40. The smallest absolute Gasteiger partial charge is 0.263 e. The number of rotatable bonds is 7. The maximum atomic E-state index is 13.2. The Hall–Kier alpha value is -1.38. The van der Waals surface area contributed by atoms with Gasteiger partial charge in [0.2, 0.25) is 5.78 Å². The number of unbranched alkanes of at least 4 members (excludes halogenated alkanes) is 3. The minimum Gasteiger partial charge on any atom is -0.369 e. The summed E-state index contributed by atoms with van der Waals surface area (Å²) in [6.45, 7) is 7.08. The minimum absolute atomic E-state index is 0.0206. The lowest BCUT2D eigenvalue weighted by Crippen LogP contribution is -2.34. The molecule has 1 atom stereocenters. The Labute approximate surface area is 173 Å². The number of thioether (sulfide) groups is 1. The zero-order valence-electron chi connectivity index (χ0n) is 17.1. The highest BCUT2D eigenvalue weighted by atomic mass is 32.2. The summed E-state index contributed by atoms with van der Waals surface area (Å²) in [4.78, 5) is 15.3. The minimum atomic E-state index is -0.203. The zero-order chi connectivity index (χ0) is 19.9. The largest absolute Gasteiger partial charge is 0.369 e. The Morgan fingerprint density at radius 3 is 2.82 bits per heavy atom. The van der Waals surface area contributed by atoms with Gasteiger partial charge in [-0.05, 0) is 25.3 Å². The van der Waals surface area contributed by atoms with E-state index in [4.69, 9.17) is 4.74 Å². The highest BCUT2D eigenvalue weighted by molar-refractivity contribution is 7.99. The van der Waals surface area contributed by atoms with Crippen LogP contribution >= 0.6 is 23.1 Å². The third-order valence-electron chi connectivity index (χ3n) is 5.79. The molecule has 0 saturated heterocycles. The number of ether oxygens (including phenoxy) is 1. The first kappa shape index (κ1) is 19.9. The van der Waals surface area contributed by atoms with Crippen LogP contribution in [0.3, 0.4) is 0 Å². The van der Waals surface area contributed by atoms with Gasteiger partial charge in [0, 0.05) is 24.1 Å². The van der Waals surface area contributed by atoms with Crippen LogP contribution < -0.4 is 5.56 Å². The molecule has 6 nitrogen and oxygen atoms in total. The van der Waals surface area contributed by atoms with E-state index in [0.717, 1.165) is 44.4 Å². The van der Waals surface area contributed by atoms with E-state index in [1.54, 1.807) is 34.7 Å². The van der Waals surface area contributed by atoms with Crippen LogP contribution in [-0.2, 0) is 24.8 Å². The Morgan fingerprint density at radius 2 is 2.07 bits per heavy atom. The average molecular weight is 421 g/mol. The van der Waals surface area contributed by atoms with E-state index in [0.29, 0.717) is 12.4 Å². The number of hydrogen-bond donors (Lipinski definition) is 0. The molecular weight excluding hydrogens is 392 g/mol. The third kappa shape index (κ3) is 3.29. The fraction of sp³-hybridized carbons (Fsp3) is 0.650. The topological polar surface area (TPSA) is 61.4 Å². The molecule has 0 spiro atoms. The van der Waals surface area contributed by atoms with Crippen LogP contribution in [0.15, 0.2) is 9.95 Å². The van der Waals surface area contributed by atoms with Crippen molar-refractivity contribution in [1.29, 1.82) is 0 Å². The molecule has 4 heterocycles. The Morgan fingerprint density at radius 1 is 1.25 bits per heavy atom. The van der Waals surface area contributed by atoms with Gasteiger partial charge < -0.3 is 4.74 Å². The van der Waals surface area contributed by atoms with E-state index in [9.17, 15) is 4.79 Å². The van der Waals surface area contributed by atoms with Gasteiger partial charge in [0.15, 0.2) is 5.16 Å². The van der Waals surface area contributed by atoms with E-state index in [-0.39, 0.29) is 11.2 Å². The molecule has 8 heteroatoms. The van der Waals surface area contributed by atoms with E-state index >= 15 is 0 Å². The van der Waals surface area contributed by atoms with Gasteiger partial charge >= 0.3 is 0 Å². The molecule has 152 valence electrons. The van der Waals surface area contributed by atoms with E-state index < -0.39 is 0 Å². The molecule has 4 rings (SSSR count). The second kappa shape index (κ2) is 7.80. The maximum absolute atomic E-state index is 13.2. The standard InChI is InChI=1S/C20H28N4O2S2/c1-5-7-8-9-10-27-19-22-21-18-23(4)16(25)15-13-11-20(3,6-2)26-12-14(13)28-17(15)24(18)19/h5-12H2,1-4H3. The first-order valence-corrected chi connectivity index (χ1v) is 11.9. The van der Waals surface area contributed by atoms with Crippen LogP contribution in [0.4, 0.5) is 0 Å². The summed E-state index contributed by atoms with van der Waals surface area (Å²) < 4.78 is 9.84. The van der Waals surface area contributed by atoms with Gasteiger partial charge in [0.05, 0.1) is 17.6 Å². The van der Waals surface area contributed by atoms with E-state index in [1.807, 2.05) is 0 Å². The molecule has 0 radical (unpaired) electrons. The van der Waals surface area contributed by atoms with Crippen molar-refractivity contribution in [1.82, 2.24) is 19.2 Å². The maximum Gasteiger partial charge on any atom is 0.263 e. The Bertz CT molecular complexity index is 1070. The summed E-state index contributed by atoms with van der Waals surface area (Å²) in [7, 11) is 1.80. The summed E-state index contributed by atoms with van der Waals surface area (Å²) in [5.74, 6) is 1.64. The Balaban J connectivity index is 1.80. The lowest BCUT2D eigenvalue weighted by atomic mass is 9.90. The molecule has 1 aliphatic rings. The Kier molecular flexibility index (Phi) is 5.55. The van der Waals surface area contributed by atoms with Crippen LogP contribution in [0, 0.1) is 0 Å². The molecule has 0 N–H and O–H groups in total. The first-order chi connectivity index (χ1) is 13.5. The van der Waals surface area contributed by atoms with Crippen molar-refractivity contribution in [2.45, 2.75) is 76.7 Å². The fourth-order valence-electron chi connectivity index (χ4n) is 3.77. The van der Waals surface area contributed by atoms with Gasteiger partial charge in [0.25, 0.3) is 5.56 Å². The zero-order valence-corrected chi connectivity index (χ0v) is 18.7. The summed E-state index contributed by atoms with van der Waals surface area (Å²) in [5, 5.41) is 10.4. The summed E-state index contributed by atoms with van der Waals surface area (Å²) in [6, 6.07) is 0. The molecular formula is C20H28N4O2S2. The van der Waals surface area contributed by atoms with Gasteiger partial charge in [-0.25, -0.2) is 4.40 Å². The molecule has 0 aromatic carbocycles. The highest BCUT2D eigenvalue weighted by Crippen LogP contribution is 2.39. The van der Waals surface area contributed by atoms with Crippen LogP contribution in [0.5, 0.6) is 0 Å². The van der Waals surface area contributed by atoms with Gasteiger partial charge in [-0.15, -0.1) is 21.5 Å². The van der Waals surface area contributed by atoms with E-state index in [1.165, 1.54) is 25.7 Å². The lowest BCUT2D eigenvalue weighted by molar-refractivity contribution is -0.0543. The molecule has 0 aliphatic carbocycles. The van der Waals surface area contributed by atoms with Gasteiger partial charge in [0.1, 0.15) is 4.83 Å². The normalized spacial score (nSPS) is 19.6. The van der Waals surface area contributed by atoms with Crippen molar-refractivity contribution in [3.63, 3.8) is 0 Å². The summed E-state index contributed by atoms with van der Waals surface area (Å²) in [5.41, 5.74) is 0.975. The average Bonchev–Trinajstić information content (AvgIpc) is 3.27. The van der Waals surface area contributed by atoms with Crippen molar-refractivity contribution in [3.8, 4) is 0 Å². The number of thiophene rings is 1. The van der Waals surface area contributed by atoms with Crippen LogP contribution in [-0.4, -0.2) is 30.5 Å². The number of nitrogens with zero attached hydrogens (tertiary/aromatic N) is 4. The molecule has 3 aromatic heterocycles. The van der Waals surface area contributed by atoms with Crippen molar-refractivity contribution >= 4 is 39.1 Å². The van der Waals surface area contributed by atoms with Crippen molar-refractivity contribution in [2.24, 2.45) is 7.05 Å². The molecule has 0 fully saturated rings. The van der Waals surface area contributed by atoms with Crippen molar-refractivity contribution in [3.05, 3.63) is 20.8 Å². The predicted octanol–water partition coefficient (Wildman–Crippen LogP) is 4.56. The van der Waals surface area contributed by atoms with Crippen molar-refractivity contribution < 1.29 is 4.74 Å². The molecule has 28 heavy (non-hydrogen) atoms. The van der Waals surface area contributed by atoms with Crippen molar-refractivity contribution in [2.75, 3.05) is 5.75 Å². The monoisotopic (exact) mass is 420 g/mol. The van der Waals surface area contributed by atoms with E-state index in [2.05, 4.69) is 35.4 Å². The third-order valence-corrected chi connectivity index (χ3v) is 8.00. The summed E-state index contributed by atoms with van der Waals surface area (Å²) in [6.07, 6.45) is 6.63. The molecule has 3 aromatic rings. The number of fused-ring (bicyclic) bond motifs is 5. The van der Waals surface area contributed by atoms with Crippen LogP contribution in [0.2, 0.25) is 0 Å². The van der Waals surface area contributed by atoms with Gasteiger partial charge in [-0.2, -0.15) is 0 Å². The molecule has 0 bridgehead atoms. The van der Waals surface area contributed by atoms with Crippen LogP contribution in [0.1, 0.15) is 63.3 Å². The number of aromatic nitrogens is 4.